The molecule has 3 aromatic rings. The average Bonchev–Trinajstić information content (AvgIpc) is 2.68. The second-order valence-corrected chi connectivity index (χ2v) is 6.68. The number of fused-ring (bicyclic) bond motifs is 1. The summed E-state index contributed by atoms with van der Waals surface area (Å²) >= 11 is 0. The first kappa shape index (κ1) is 18.5. The maximum atomic E-state index is 12.9. The third kappa shape index (κ3) is 3.61. The Hall–Kier alpha value is -2.32. The summed E-state index contributed by atoms with van der Waals surface area (Å²) in [4.78, 5) is 12.9. The second-order valence-electron chi connectivity index (χ2n) is 6.10. The molecule has 0 saturated heterocycles. The number of hydrogen-bond donors (Lipinski definition) is 0. The molecule has 0 N–H and O–H groups in total. The molecule has 0 aliphatic rings. The van der Waals surface area contributed by atoms with Crippen molar-refractivity contribution >= 4 is 20.2 Å². The number of ether oxygens (including phenoxy) is 2. The van der Waals surface area contributed by atoms with Gasteiger partial charge in [0.25, 0.3) is 0 Å². The normalized spacial score (nSPS) is 10.9. The van der Waals surface area contributed by atoms with Crippen LogP contribution in [0.1, 0.15) is 18.4 Å². The van der Waals surface area contributed by atoms with Crippen LogP contribution in [0.4, 0.5) is 0 Å². The summed E-state index contributed by atoms with van der Waals surface area (Å²) in [5.74, 6) is 0.962. The van der Waals surface area contributed by atoms with Crippen LogP contribution in [0.2, 0.25) is 0 Å². The molecule has 0 aliphatic heterocycles. The molecule has 3 rings (SSSR count). The Morgan fingerprint density at radius 1 is 1.00 bits per heavy atom. The molecule has 1 heterocycles. The Morgan fingerprint density at radius 2 is 1.77 bits per heavy atom. The molecule has 136 valence electrons. The van der Waals surface area contributed by atoms with Gasteiger partial charge in [-0.1, -0.05) is 24.3 Å². The van der Waals surface area contributed by atoms with Gasteiger partial charge in [0, 0.05) is 0 Å². The highest BCUT2D eigenvalue weighted by atomic mass is 31.0. The van der Waals surface area contributed by atoms with Crippen LogP contribution in [-0.4, -0.2) is 20.4 Å². The van der Waals surface area contributed by atoms with Crippen molar-refractivity contribution in [2.45, 2.75) is 19.3 Å². The van der Waals surface area contributed by atoms with E-state index >= 15 is 0 Å². The van der Waals surface area contributed by atoms with Crippen molar-refractivity contribution in [2.75, 3.05) is 20.4 Å². The zero-order valence-electron chi connectivity index (χ0n) is 15.1. The molecule has 4 nitrogen and oxygen atoms in total. The van der Waals surface area contributed by atoms with E-state index in [1.54, 1.807) is 19.2 Å². The lowest BCUT2D eigenvalue weighted by atomic mass is 10.0. The minimum Gasteiger partial charge on any atom is -0.493 e. The smallest absolute Gasteiger partial charge is 0.204 e. The van der Waals surface area contributed by atoms with Gasteiger partial charge in [-0.25, -0.2) is 0 Å². The standard InChI is InChI=1S/C21H23O4P/c1-23-18-11-10-16-19(22)17(13-25-20(16)21(18)24-2)15-8-6-14(7-9-15)5-3-4-12-26/h6-11,13H,3-5,12,26H2,1-2H3. The van der Waals surface area contributed by atoms with E-state index in [1.165, 1.54) is 31.8 Å². The fourth-order valence-electron chi connectivity index (χ4n) is 3.03. The molecule has 0 bridgehead atoms. The van der Waals surface area contributed by atoms with Gasteiger partial charge in [-0.05, 0) is 48.7 Å². The van der Waals surface area contributed by atoms with Gasteiger partial charge < -0.3 is 13.9 Å². The molecule has 0 saturated carbocycles. The van der Waals surface area contributed by atoms with Gasteiger partial charge in [-0.2, -0.15) is 0 Å². The number of benzene rings is 2. The van der Waals surface area contributed by atoms with Crippen molar-refractivity contribution in [3.8, 4) is 22.6 Å². The largest absolute Gasteiger partial charge is 0.493 e. The van der Waals surface area contributed by atoms with Gasteiger partial charge in [0.15, 0.2) is 11.3 Å². The van der Waals surface area contributed by atoms with Crippen molar-refractivity contribution in [1.82, 2.24) is 0 Å². The Labute approximate surface area is 155 Å². The maximum absolute atomic E-state index is 12.9. The van der Waals surface area contributed by atoms with E-state index in [1.807, 2.05) is 12.1 Å². The second kappa shape index (κ2) is 8.37. The number of rotatable bonds is 7. The van der Waals surface area contributed by atoms with Gasteiger partial charge >= 0.3 is 0 Å². The van der Waals surface area contributed by atoms with Crippen molar-refractivity contribution in [1.29, 1.82) is 0 Å². The molecule has 26 heavy (non-hydrogen) atoms. The van der Waals surface area contributed by atoms with Crippen LogP contribution in [0, 0.1) is 0 Å². The van der Waals surface area contributed by atoms with E-state index in [4.69, 9.17) is 13.9 Å². The van der Waals surface area contributed by atoms with Crippen LogP contribution in [0.3, 0.4) is 0 Å². The molecule has 2 aromatic carbocycles. The van der Waals surface area contributed by atoms with E-state index in [-0.39, 0.29) is 5.43 Å². The topological polar surface area (TPSA) is 48.7 Å². The lowest BCUT2D eigenvalue weighted by Crippen LogP contribution is -2.06. The molecular weight excluding hydrogens is 347 g/mol. The zero-order chi connectivity index (χ0) is 18.5. The summed E-state index contributed by atoms with van der Waals surface area (Å²) in [7, 11) is 5.84. The van der Waals surface area contributed by atoms with Crippen LogP contribution in [-0.2, 0) is 6.42 Å². The molecular formula is C21H23O4P. The number of hydrogen-bond acceptors (Lipinski definition) is 4. The summed E-state index contributed by atoms with van der Waals surface area (Å²) in [5, 5.41) is 0.477. The van der Waals surface area contributed by atoms with E-state index in [2.05, 4.69) is 21.4 Å². The van der Waals surface area contributed by atoms with E-state index < -0.39 is 0 Å². The summed E-state index contributed by atoms with van der Waals surface area (Å²) in [6.45, 7) is 0. The Kier molecular flexibility index (Phi) is 5.95. The summed E-state index contributed by atoms with van der Waals surface area (Å²) in [6.07, 6.45) is 6.05. The Balaban J connectivity index is 1.98. The van der Waals surface area contributed by atoms with Crippen LogP contribution >= 0.6 is 9.24 Å². The lowest BCUT2D eigenvalue weighted by molar-refractivity contribution is 0.353. The van der Waals surface area contributed by atoms with E-state index in [9.17, 15) is 4.79 Å². The summed E-state index contributed by atoms with van der Waals surface area (Å²) in [6, 6.07) is 11.6. The van der Waals surface area contributed by atoms with E-state index in [0.717, 1.165) is 18.1 Å². The summed E-state index contributed by atoms with van der Waals surface area (Å²) in [5.41, 5.74) is 2.99. The van der Waals surface area contributed by atoms with Crippen molar-refractivity contribution < 1.29 is 13.9 Å². The first-order chi connectivity index (χ1) is 12.7. The minimum atomic E-state index is -0.0806. The molecule has 0 aliphatic carbocycles. The molecule has 0 radical (unpaired) electrons. The predicted molar refractivity (Wildman–Crippen MR) is 109 cm³/mol. The fourth-order valence-corrected chi connectivity index (χ4v) is 3.32. The molecule has 5 heteroatoms. The first-order valence-corrected chi connectivity index (χ1v) is 9.47. The van der Waals surface area contributed by atoms with Gasteiger partial charge in [-0.15, -0.1) is 9.24 Å². The van der Waals surface area contributed by atoms with Crippen LogP contribution in [0.5, 0.6) is 11.5 Å². The summed E-state index contributed by atoms with van der Waals surface area (Å²) < 4.78 is 16.4. The van der Waals surface area contributed by atoms with Crippen LogP contribution < -0.4 is 14.9 Å². The monoisotopic (exact) mass is 370 g/mol. The van der Waals surface area contributed by atoms with Crippen molar-refractivity contribution in [3.05, 3.63) is 58.4 Å². The van der Waals surface area contributed by atoms with Gasteiger partial charge in [0.1, 0.15) is 6.26 Å². The van der Waals surface area contributed by atoms with E-state index in [0.29, 0.717) is 28.0 Å². The molecule has 0 fully saturated rings. The Bertz CT molecular complexity index is 945. The molecule has 1 atom stereocenters. The van der Waals surface area contributed by atoms with Gasteiger partial charge in [-0.3, -0.25) is 4.79 Å². The van der Waals surface area contributed by atoms with Crippen LogP contribution in [0.25, 0.3) is 22.1 Å². The molecule has 1 aromatic heterocycles. The zero-order valence-corrected chi connectivity index (χ0v) is 16.2. The average molecular weight is 370 g/mol. The predicted octanol–water partition coefficient (Wildman–Crippen LogP) is 4.68. The molecule has 1 unspecified atom stereocenters. The third-order valence-electron chi connectivity index (χ3n) is 4.47. The highest BCUT2D eigenvalue weighted by molar-refractivity contribution is 7.16. The number of aryl methyl sites for hydroxylation is 1. The Morgan fingerprint density at radius 3 is 2.42 bits per heavy atom. The number of methoxy groups -OCH3 is 2. The lowest BCUT2D eigenvalue weighted by Gasteiger charge is -2.10. The van der Waals surface area contributed by atoms with Crippen molar-refractivity contribution in [3.63, 3.8) is 0 Å². The highest BCUT2D eigenvalue weighted by Gasteiger charge is 2.16. The fraction of sp³-hybridized carbons (Fsp3) is 0.286. The number of unbranched alkanes of at least 4 members (excludes halogenated alkanes) is 1. The minimum absolute atomic E-state index is 0.0806. The van der Waals surface area contributed by atoms with Crippen LogP contribution in [0.15, 0.2) is 51.9 Å². The van der Waals surface area contributed by atoms with Crippen molar-refractivity contribution in [2.24, 2.45) is 0 Å². The molecule has 0 amide bonds. The van der Waals surface area contributed by atoms with Gasteiger partial charge in [0.2, 0.25) is 11.2 Å². The molecule has 0 spiro atoms. The SMILES string of the molecule is COc1ccc2c(=O)c(-c3ccc(CCCCP)cc3)coc2c1OC. The quantitative estimate of drug-likeness (QED) is 0.448. The van der Waals surface area contributed by atoms with Gasteiger partial charge in [0.05, 0.1) is 25.2 Å². The maximum Gasteiger partial charge on any atom is 0.204 e. The first-order valence-electron chi connectivity index (χ1n) is 8.65. The third-order valence-corrected chi connectivity index (χ3v) is 4.88. The highest BCUT2D eigenvalue weighted by Crippen LogP contribution is 2.35.